The minimum atomic E-state index is -0.282. The van der Waals surface area contributed by atoms with E-state index in [1.165, 1.54) is 0 Å². The third-order valence-electron chi connectivity index (χ3n) is 4.16. The van der Waals surface area contributed by atoms with Crippen molar-refractivity contribution >= 4 is 29.1 Å². The van der Waals surface area contributed by atoms with Crippen molar-refractivity contribution in [1.82, 2.24) is 15.1 Å². The molecule has 146 valence electrons. The molecule has 0 aliphatic rings. The first-order chi connectivity index (χ1) is 12.8. The number of rotatable bonds is 8. The minimum absolute atomic E-state index is 0.0796. The molecule has 0 spiro atoms. The first-order valence-corrected chi connectivity index (χ1v) is 9.11. The number of carbonyl (C=O) groups is 2. The van der Waals surface area contributed by atoms with Crippen molar-refractivity contribution in [3.63, 3.8) is 0 Å². The van der Waals surface area contributed by atoms with Crippen LogP contribution in [0.2, 0.25) is 5.02 Å². The molecule has 0 saturated carbocycles. The van der Waals surface area contributed by atoms with Crippen LogP contribution in [-0.2, 0) is 16.6 Å². The highest BCUT2D eigenvalue weighted by molar-refractivity contribution is 6.30. The van der Waals surface area contributed by atoms with Crippen LogP contribution in [0.5, 0.6) is 5.75 Å². The van der Waals surface area contributed by atoms with E-state index in [1.54, 1.807) is 10.7 Å². The van der Waals surface area contributed by atoms with Crippen LogP contribution in [0.15, 0.2) is 18.2 Å². The lowest BCUT2D eigenvalue weighted by Gasteiger charge is -2.10. The van der Waals surface area contributed by atoms with Gasteiger partial charge in [0.25, 0.3) is 0 Å². The van der Waals surface area contributed by atoms with Gasteiger partial charge < -0.3 is 15.4 Å². The summed E-state index contributed by atoms with van der Waals surface area (Å²) in [5.41, 5.74) is 3.24. The molecule has 0 radical (unpaired) electrons. The van der Waals surface area contributed by atoms with E-state index in [0.717, 1.165) is 22.7 Å². The van der Waals surface area contributed by atoms with Crippen LogP contribution in [-0.4, -0.2) is 34.7 Å². The number of carbonyl (C=O) groups excluding carboxylic acids is 2. The largest absolute Gasteiger partial charge is 0.493 e. The fraction of sp³-hybridized carbons (Fsp3) is 0.421. The normalized spacial score (nSPS) is 10.6. The van der Waals surface area contributed by atoms with Crippen molar-refractivity contribution in [2.24, 2.45) is 7.05 Å². The number of nitrogens with zero attached hydrogens (tertiary/aromatic N) is 2. The number of amides is 2. The van der Waals surface area contributed by atoms with Crippen molar-refractivity contribution in [2.75, 3.05) is 18.5 Å². The number of halogens is 1. The van der Waals surface area contributed by atoms with Crippen molar-refractivity contribution in [3.05, 3.63) is 40.2 Å². The van der Waals surface area contributed by atoms with Gasteiger partial charge in [-0.15, -0.1) is 0 Å². The molecule has 0 aliphatic carbocycles. The highest BCUT2D eigenvalue weighted by atomic mass is 35.5. The third-order valence-corrected chi connectivity index (χ3v) is 4.40. The van der Waals surface area contributed by atoms with Gasteiger partial charge in [-0.2, -0.15) is 5.10 Å². The summed E-state index contributed by atoms with van der Waals surface area (Å²) in [4.78, 5) is 23.9. The van der Waals surface area contributed by atoms with Gasteiger partial charge in [-0.25, -0.2) is 0 Å². The zero-order valence-electron chi connectivity index (χ0n) is 16.1. The summed E-state index contributed by atoms with van der Waals surface area (Å²) < 4.78 is 7.35. The molecule has 0 fully saturated rings. The molecular weight excluding hydrogens is 368 g/mol. The van der Waals surface area contributed by atoms with E-state index in [0.29, 0.717) is 23.7 Å². The molecule has 2 N–H and O–H groups in total. The molecule has 2 amide bonds. The zero-order valence-corrected chi connectivity index (χ0v) is 16.8. The second-order valence-electron chi connectivity index (χ2n) is 6.36. The molecule has 0 bridgehead atoms. The van der Waals surface area contributed by atoms with Crippen LogP contribution < -0.4 is 15.4 Å². The Bertz CT molecular complexity index is 833. The molecule has 0 unspecified atom stereocenters. The summed E-state index contributed by atoms with van der Waals surface area (Å²) >= 11 is 5.90. The maximum absolute atomic E-state index is 12.0. The molecule has 1 aromatic carbocycles. The molecule has 7 nitrogen and oxygen atoms in total. The van der Waals surface area contributed by atoms with Crippen molar-refractivity contribution < 1.29 is 14.3 Å². The Balaban J connectivity index is 1.67. The van der Waals surface area contributed by atoms with Crippen LogP contribution in [0.25, 0.3) is 0 Å². The maximum Gasteiger partial charge on any atom is 0.243 e. The number of benzene rings is 1. The molecule has 0 atom stereocenters. The van der Waals surface area contributed by atoms with Crippen LogP contribution in [0.1, 0.15) is 29.8 Å². The second-order valence-corrected chi connectivity index (χ2v) is 6.79. The van der Waals surface area contributed by atoms with Crippen LogP contribution in [0.3, 0.4) is 0 Å². The van der Waals surface area contributed by atoms with Gasteiger partial charge >= 0.3 is 0 Å². The fourth-order valence-electron chi connectivity index (χ4n) is 2.59. The van der Waals surface area contributed by atoms with Crippen molar-refractivity contribution in [1.29, 1.82) is 0 Å². The fourth-order valence-corrected chi connectivity index (χ4v) is 2.82. The predicted octanol–water partition coefficient (Wildman–Crippen LogP) is 2.91. The van der Waals surface area contributed by atoms with E-state index in [4.69, 9.17) is 16.3 Å². The zero-order chi connectivity index (χ0) is 20.0. The van der Waals surface area contributed by atoms with Gasteiger partial charge in [0.2, 0.25) is 11.8 Å². The summed E-state index contributed by atoms with van der Waals surface area (Å²) in [7, 11) is 1.81. The Morgan fingerprint density at radius 2 is 1.96 bits per heavy atom. The molecule has 8 heteroatoms. The lowest BCUT2D eigenvalue weighted by atomic mass is 10.2. The predicted molar refractivity (Wildman–Crippen MR) is 105 cm³/mol. The summed E-state index contributed by atoms with van der Waals surface area (Å²) in [5, 5.41) is 10.3. The lowest BCUT2D eigenvalue weighted by molar-refractivity contribution is -0.124. The maximum atomic E-state index is 12.0. The topological polar surface area (TPSA) is 85.2 Å². The smallest absolute Gasteiger partial charge is 0.243 e. The molecule has 1 heterocycles. The van der Waals surface area contributed by atoms with Gasteiger partial charge in [-0.3, -0.25) is 14.3 Å². The number of hydrogen-bond donors (Lipinski definition) is 2. The van der Waals surface area contributed by atoms with Gasteiger partial charge in [0, 0.05) is 18.5 Å². The monoisotopic (exact) mass is 392 g/mol. The quantitative estimate of drug-likeness (QED) is 0.676. The molecule has 2 aromatic rings. The Labute approximate surface area is 164 Å². The van der Waals surface area contributed by atoms with Gasteiger partial charge in [0.1, 0.15) is 5.75 Å². The van der Waals surface area contributed by atoms with Crippen LogP contribution in [0, 0.1) is 20.8 Å². The average Bonchev–Trinajstić information content (AvgIpc) is 2.84. The van der Waals surface area contributed by atoms with Gasteiger partial charge in [-0.05, 0) is 51.0 Å². The van der Waals surface area contributed by atoms with Gasteiger partial charge in [0.15, 0.2) is 0 Å². The highest BCUT2D eigenvalue weighted by Crippen LogP contribution is 2.22. The van der Waals surface area contributed by atoms with Crippen molar-refractivity contribution in [2.45, 2.75) is 33.6 Å². The summed E-state index contributed by atoms with van der Waals surface area (Å²) in [6, 6.07) is 5.40. The lowest BCUT2D eigenvalue weighted by Crippen LogP contribution is -2.33. The van der Waals surface area contributed by atoms with E-state index in [9.17, 15) is 9.59 Å². The molecule has 1 aromatic heterocycles. The SMILES string of the molecule is Cc1cc(Cl)ccc1OCCCC(=O)NCC(=O)Nc1c(C)nn(C)c1C. The molecular formula is C19H25ClN4O3. The minimum Gasteiger partial charge on any atom is -0.493 e. The van der Waals surface area contributed by atoms with Crippen molar-refractivity contribution in [3.8, 4) is 5.75 Å². The Morgan fingerprint density at radius 1 is 1.22 bits per heavy atom. The van der Waals surface area contributed by atoms with E-state index in [-0.39, 0.29) is 24.8 Å². The molecule has 27 heavy (non-hydrogen) atoms. The first kappa shape index (κ1) is 20.8. The molecule has 0 saturated heterocycles. The number of aryl methyl sites for hydroxylation is 3. The number of ether oxygens (including phenoxy) is 1. The summed E-state index contributed by atoms with van der Waals surface area (Å²) in [5.74, 6) is 0.276. The van der Waals surface area contributed by atoms with Gasteiger partial charge in [0.05, 0.1) is 30.2 Å². The highest BCUT2D eigenvalue weighted by Gasteiger charge is 2.13. The van der Waals surface area contributed by atoms with Crippen LogP contribution >= 0.6 is 11.6 Å². The summed E-state index contributed by atoms with van der Waals surface area (Å²) in [6.45, 7) is 5.94. The van der Waals surface area contributed by atoms with E-state index < -0.39 is 0 Å². The van der Waals surface area contributed by atoms with Gasteiger partial charge in [-0.1, -0.05) is 11.6 Å². The molecule has 0 aliphatic heterocycles. The Hall–Kier alpha value is -2.54. The first-order valence-electron chi connectivity index (χ1n) is 8.73. The van der Waals surface area contributed by atoms with E-state index in [1.807, 2.05) is 40.0 Å². The third kappa shape index (κ3) is 5.99. The van der Waals surface area contributed by atoms with Crippen LogP contribution in [0.4, 0.5) is 5.69 Å². The number of anilines is 1. The number of nitrogens with one attached hydrogen (secondary N) is 2. The Morgan fingerprint density at radius 3 is 2.59 bits per heavy atom. The standard InChI is InChI=1S/C19H25ClN4O3/c1-12-10-15(20)7-8-16(12)27-9-5-6-17(25)21-11-18(26)22-19-13(2)23-24(4)14(19)3/h7-8,10H,5-6,9,11H2,1-4H3,(H,21,25)(H,22,26). The summed E-state index contributed by atoms with van der Waals surface area (Å²) in [6.07, 6.45) is 0.835. The second kappa shape index (κ2) is 9.41. The molecule has 2 rings (SSSR count). The number of aromatic nitrogens is 2. The average molecular weight is 393 g/mol. The Kier molecular flexibility index (Phi) is 7.24. The number of hydrogen-bond acceptors (Lipinski definition) is 4. The van der Waals surface area contributed by atoms with E-state index >= 15 is 0 Å². The van der Waals surface area contributed by atoms with E-state index in [2.05, 4.69) is 15.7 Å².